The molecule has 0 unspecified atom stereocenters. The number of anilines is 1. The summed E-state index contributed by atoms with van der Waals surface area (Å²) in [5, 5.41) is 8.47. The van der Waals surface area contributed by atoms with E-state index in [1.807, 2.05) is 30.3 Å². The normalized spacial score (nSPS) is 11.3. The van der Waals surface area contributed by atoms with Gasteiger partial charge in [-0.1, -0.05) is 35.5 Å². The third kappa shape index (κ3) is 3.19. The maximum atomic E-state index is 13.1. The number of H-pyrrole nitrogens is 1. The smallest absolute Gasteiger partial charge is 0.353 e. The maximum absolute atomic E-state index is 13.1. The third-order valence-corrected chi connectivity index (χ3v) is 4.86. The fourth-order valence-corrected chi connectivity index (χ4v) is 3.49. The summed E-state index contributed by atoms with van der Waals surface area (Å²) in [4.78, 5) is 31.9. The van der Waals surface area contributed by atoms with Crippen LogP contribution in [0, 0.1) is 6.92 Å². The number of fused-ring (bicyclic) bond motifs is 1. The number of pyridine rings is 1. The van der Waals surface area contributed by atoms with Crippen molar-refractivity contribution in [2.24, 2.45) is 0 Å². The summed E-state index contributed by atoms with van der Waals surface area (Å²) < 4.78 is 7.59. The van der Waals surface area contributed by atoms with Gasteiger partial charge in [0.2, 0.25) is 11.5 Å². The average molecular weight is 415 g/mol. The lowest BCUT2D eigenvalue weighted by Crippen LogP contribution is -2.23. The van der Waals surface area contributed by atoms with Gasteiger partial charge in [-0.15, -0.1) is 5.10 Å². The van der Waals surface area contributed by atoms with Gasteiger partial charge in [0.15, 0.2) is 5.65 Å². The number of nitrogens with two attached hydrogens (primary N) is 1. The van der Waals surface area contributed by atoms with E-state index in [-0.39, 0.29) is 18.1 Å². The first-order chi connectivity index (χ1) is 15.0. The standard InChI is InChI=1S/C21H17N7O3/c1-12-9-15(26-31-12)11-27-21(30)28-19(25-27)17(14-7-8-16(29)23-10-14)18(24-20(28)22)13-5-3-2-4-6-13/h2-10H,11H2,1H3,(H2,22,24)(H,23,29). The van der Waals surface area contributed by atoms with Gasteiger partial charge in [0.25, 0.3) is 0 Å². The zero-order valence-electron chi connectivity index (χ0n) is 16.4. The summed E-state index contributed by atoms with van der Waals surface area (Å²) >= 11 is 0. The minimum absolute atomic E-state index is 0.00890. The highest BCUT2D eigenvalue weighted by Gasteiger charge is 2.22. The van der Waals surface area contributed by atoms with Gasteiger partial charge >= 0.3 is 5.69 Å². The highest BCUT2D eigenvalue weighted by atomic mass is 16.5. The molecule has 0 fully saturated rings. The minimum Gasteiger partial charge on any atom is -0.369 e. The molecular formula is C21H17N7O3. The molecule has 0 aliphatic heterocycles. The number of nitrogens with one attached hydrogen (secondary N) is 1. The molecule has 5 aromatic rings. The molecule has 1 aromatic carbocycles. The van der Waals surface area contributed by atoms with Crippen LogP contribution in [0.4, 0.5) is 5.95 Å². The summed E-state index contributed by atoms with van der Waals surface area (Å²) in [5.74, 6) is 0.642. The van der Waals surface area contributed by atoms with Crippen LogP contribution in [0.3, 0.4) is 0 Å². The number of nitrogen functional groups attached to an aromatic ring is 1. The predicted octanol–water partition coefficient (Wildman–Crippen LogP) is 1.84. The quantitative estimate of drug-likeness (QED) is 0.457. The molecule has 0 saturated heterocycles. The van der Waals surface area contributed by atoms with Crippen LogP contribution in [-0.2, 0) is 6.54 Å². The molecule has 3 N–H and O–H groups in total. The van der Waals surface area contributed by atoms with Crippen LogP contribution in [-0.4, -0.2) is 29.3 Å². The van der Waals surface area contributed by atoms with Gasteiger partial charge in [0, 0.05) is 29.5 Å². The van der Waals surface area contributed by atoms with Gasteiger partial charge in [-0.05, 0) is 13.0 Å². The Kier molecular flexibility index (Phi) is 4.25. The summed E-state index contributed by atoms with van der Waals surface area (Å²) in [5.41, 5.74) is 8.93. The summed E-state index contributed by atoms with van der Waals surface area (Å²) in [6.45, 7) is 1.88. The highest BCUT2D eigenvalue weighted by molar-refractivity contribution is 5.90. The molecule has 0 spiro atoms. The number of aryl methyl sites for hydroxylation is 1. The molecule has 10 heteroatoms. The maximum Gasteiger partial charge on any atom is 0.353 e. The van der Waals surface area contributed by atoms with Crippen LogP contribution in [0.25, 0.3) is 28.0 Å². The Morgan fingerprint density at radius 3 is 2.58 bits per heavy atom. The van der Waals surface area contributed by atoms with Gasteiger partial charge < -0.3 is 15.2 Å². The van der Waals surface area contributed by atoms with Crippen LogP contribution in [0.15, 0.2) is 68.8 Å². The van der Waals surface area contributed by atoms with Crippen molar-refractivity contribution in [3.63, 3.8) is 0 Å². The fraction of sp³-hybridized carbons (Fsp3) is 0.0952. The first kappa shape index (κ1) is 18.6. The Morgan fingerprint density at radius 1 is 1.10 bits per heavy atom. The van der Waals surface area contributed by atoms with E-state index in [2.05, 4.69) is 20.2 Å². The van der Waals surface area contributed by atoms with Gasteiger partial charge in [-0.3, -0.25) is 4.79 Å². The molecule has 31 heavy (non-hydrogen) atoms. The lowest BCUT2D eigenvalue weighted by molar-refractivity contribution is 0.387. The SMILES string of the molecule is Cc1cc(Cn2nc3c(-c4ccc(=O)[nH]c4)c(-c4ccccc4)nc(N)n3c2=O)no1. The van der Waals surface area contributed by atoms with Crippen molar-refractivity contribution in [3.8, 4) is 22.4 Å². The molecule has 4 heterocycles. The van der Waals surface area contributed by atoms with Crippen LogP contribution >= 0.6 is 0 Å². The molecule has 154 valence electrons. The number of hydrogen-bond donors (Lipinski definition) is 2. The van der Waals surface area contributed by atoms with Crippen molar-refractivity contribution in [1.29, 1.82) is 0 Å². The van der Waals surface area contributed by atoms with Crippen molar-refractivity contribution >= 4 is 11.6 Å². The van der Waals surface area contributed by atoms with Crippen LogP contribution in [0.1, 0.15) is 11.5 Å². The van der Waals surface area contributed by atoms with Crippen molar-refractivity contribution in [2.75, 3.05) is 5.73 Å². The highest BCUT2D eigenvalue weighted by Crippen LogP contribution is 2.33. The van der Waals surface area contributed by atoms with E-state index in [9.17, 15) is 9.59 Å². The molecule has 10 nitrogen and oxygen atoms in total. The van der Waals surface area contributed by atoms with Gasteiger partial charge in [0.05, 0.1) is 17.8 Å². The van der Waals surface area contributed by atoms with Gasteiger partial charge in [-0.2, -0.15) is 0 Å². The number of rotatable bonds is 4. The molecule has 0 aliphatic rings. The predicted molar refractivity (Wildman–Crippen MR) is 113 cm³/mol. The number of aromatic nitrogens is 6. The molecule has 0 atom stereocenters. The third-order valence-electron chi connectivity index (χ3n) is 4.86. The van der Waals surface area contributed by atoms with Crippen molar-refractivity contribution in [1.82, 2.24) is 29.3 Å². The summed E-state index contributed by atoms with van der Waals surface area (Å²) in [7, 11) is 0. The second-order valence-electron chi connectivity index (χ2n) is 7.03. The van der Waals surface area contributed by atoms with Crippen molar-refractivity contribution in [2.45, 2.75) is 13.5 Å². The van der Waals surface area contributed by atoms with E-state index < -0.39 is 5.69 Å². The van der Waals surface area contributed by atoms with E-state index in [0.29, 0.717) is 33.9 Å². The Morgan fingerprint density at radius 2 is 1.90 bits per heavy atom. The largest absolute Gasteiger partial charge is 0.369 e. The van der Waals surface area contributed by atoms with E-state index >= 15 is 0 Å². The van der Waals surface area contributed by atoms with Gasteiger partial charge in [-0.25, -0.2) is 18.9 Å². The van der Waals surface area contributed by atoms with E-state index in [4.69, 9.17) is 10.3 Å². The molecule has 4 aromatic heterocycles. The molecule has 5 rings (SSSR count). The Balaban J connectivity index is 1.81. The summed E-state index contributed by atoms with van der Waals surface area (Å²) in [6.07, 6.45) is 1.56. The van der Waals surface area contributed by atoms with Crippen molar-refractivity contribution in [3.05, 3.63) is 87.0 Å². The zero-order valence-corrected chi connectivity index (χ0v) is 16.4. The molecule has 0 aliphatic carbocycles. The molecule has 0 amide bonds. The molecular weight excluding hydrogens is 398 g/mol. The van der Waals surface area contributed by atoms with Gasteiger partial charge in [0.1, 0.15) is 11.5 Å². The number of benzene rings is 1. The van der Waals surface area contributed by atoms with Crippen LogP contribution in [0.2, 0.25) is 0 Å². The minimum atomic E-state index is -0.453. The Hall–Kier alpha value is -4.47. The average Bonchev–Trinajstić information content (AvgIpc) is 3.33. The number of aromatic amines is 1. The number of hydrogen-bond acceptors (Lipinski definition) is 7. The molecule has 0 saturated carbocycles. The topological polar surface area (TPSA) is 137 Å². The number of nitrogens with zero attached hydrogens (tertiary/aromatic N) is 5. The second kappa shape index (κ2) is 7.10. The molecule has 0 radical (unpaired) electrons. The van der Waals surface area contributed by atoms with E-state index in [1.54, 1.807) is 25.3 Å². The van der Waals surface area contributed by atoms with E-state index in [1.165, 1.54) is 15.1 Å². The second-order valence-corrected chi connectivity index (χ2v) is 7.03. The monoisotopic (exact) mass is 415 g/mol. The first-order valence-electron chi connectivity index (χ1n) is 9.47. The zero-order chi connectivity index (χ0) is 21.5. The first-order valence-corrected chi connectivity index (χ1v) is 9.47. The fourth-order valence-electron chi connectivity index (χ4n) is 3.49. The lowest BCUT2D eigenvalue weighted by atomic mass is 10.0. The lowest BCUT2D eigenvalue weighted by Gasteiger charge is -2.11. The Bertz CT molecular complexity index is 1510. The Labute approximate surface area is 174 Å². The van der Waals surface area contributed by atoms with Crippen LogP contribution < -0.4 is 17.0 Å². The summed E-state index contributed by atoms with van der Waals surface area (Å²) in [6, 6.07) is 14.2. The molecule has 0 bridgehead atoms. The van der Waals surface area contributed by atoms with Crippen molar-refractivity contribution < 1.29 is 4.52 Å². The van der Waals surface area contributed by atoms with Crippen LogP contribution in [0.5, 0.6) is 0 Å². The van der Waals surface area contributed by atoms with E-state index in [0.717, 1.165) is 5.56 Å².